The Labute approximate surface area is 145 Å². The van der Waals surface area contributed by atoms with E-state index in [1.807, 2.05) is 43.4 Å². The summed E-state index contributed by atoms with van der Waals surface area (Å²) in [6.07, 6.45) is 3.32. The van der Waals surface area contributed by atoms with Gasteiger partial charge in [0.05, 0.1) is 5.75 Å². The van der Waals surface area contributed by atoms with E-state index in [1.54, 1.807) is 15.8 Å². The first-order valence-corrected chi connectivity index (χ1v) is 8.90. The van der Waals surface area contributed by atoms with Crippen LogP contribution in [0, 0.1) is 0 Å². The summed E-state index contributed by atoms with van der Waals surface area (Å²) < 4.78 is 1.67. The Morgan fingerprint density at radius 3 is 2.83 bits per heavy atom. The van der Waals surface area contributed by atoms with Gasteiger partial charge in [0.25, 0.3) is 5.91 Å². The second-order valence-electron chi connectivity index (χ2n) is 5.70. The van der Waals surface area contributed by atoms with Crippen LogP contribution in [-0.4, -0.2) is 39.9 Å². The molecule has 2 aromatic rings. The summed E-state index contributed by atoms with van der Waals surface area (Å²) in [5, 5.41) is 7.14. The third kappa shape index (κ3) is 3.97. The quantitative estimate of drug-likeness (QED) is 0.840. The van der Waals surface area contributed by atoms with E-state index in [2.05, 4.69) is 10.4 Å². The number of aromatic nitrogens is 2. The molecule has 3 rings (SSSR count). The zero-order valence-corrected chi connectivity index (χ0v) is 14.3. The highest BCUT2D eigenvalue weighted by atomic mass is 32.2. The van der Waals surface area contributed by atoms with Crippen molar-refractivity contribution in [2.24, 2.45) is 7.05 Å². The topological polar surface area (TPSA) is 67.2 Å². The van der Waals surface area contributed by atoms with Gasteiger partial charge in [0, 0.05) is 30.8 Å². The number of thioether (sulfide) groups is 1. The van der Waals surface area contributed by atoms with Crippen LogP contribution >= 0.6 is 11.8 Å². The summed E-state index contributed by atoms with van der Waals surface area (Å²) >= 11 is 1.47. The van der Waals surface area contributed by atoms with E-state index in [-0.39, 0.29) is 11.8 Å². The van der Waals surface area contributed by atoms with Crippen molar-refractivity contribution in [2.45, 2.75) is 23.8 Å². The van der Waals surface area contributed by atoms with Gasteiger partial charge in [-0.1, -0.05) is 18.2 Å². The third-order valence-electron chi connectivity index (χ3n) is 3.86. The molecule has 6 nitrogen and oxygen atoms in total. The minimum absolute atomic E-state index is 0.0852. The Morgan fingerprint density at radius 2 is 2.12 bits per heavy atom. The smallest absolute Gasteiger partial charge is 0.250 e. The van der Waals surface area contributed by atoms with Crippen molar-refractivity contribution >= 4 is 29.4 Å². The monoisotopic (exact) mass is 344 g/mol. The lowest BCUT2D eigenvalue weighted by Crippen LogP contribution is -2.53. The van der Waals surface area contributed by atoms with Gasteiger partial charge in [-0.2, -0.15) is 5.10 Å². The van der Waals surface area contributed by atoms with Crippen molar-refractivity contribution in [3.8, 4) is 0 Å². The van der Waals surface area contributed by atoms with Crippen LogP contribution in [0.15, 0.2) is 47.5 Å². The molecule has 1 aromatic carbocycles. The molecule has 2 heterocycles. The van der Waals surface area contributed by atoms with Crippen LogP contribution in [0.25, 0.3) is 0 Å². The van der Waals surface area contributed by atoms with Crippen molar-refractivity contribution in [3.63, 3.8) is 0 Å². The molecule has 1 aliphatic rings. The fourth-order valence-corrected chi connectivity index (χ4v) is 3.42. The maximum Gasteiger partial charge on any atom is 0.250 e. The average molecular weight is 344 g/mol. The largest absolute Gasteiger partial charge is 0.344 e. The lowest BCUT2D eigenvalue weighted by molar-refractivity contribution is -0.127. The predicted octanol–water partition coefficient (Wildman–Crippen LogP) is 1.82. The maximum absolute atomic E-state index is 12.6. The molecule has 0 aliphatic carbocycles. The lowest BCUT2D eigenvalue weighted by atomic mass is 10.0. The standard InChI is InChI=1S/C17H20N4O2S/c1-20-11-9-15(19-20)21-10-5-8-14(17(21)23)18-16(22)12-24-13-6-3-2-4-7-13/h2-4,6-7,9,11,14H,5,8,10,12H2,1H3,(H,18,22). The molecule has 0 saturated carbocycles. The molecule has 0 radical (unpaired) electrons. The number of benzene rings is 1. The Hall–Kier alpha value is -2.28. The highest BCUT2D eigenvalue weighted by molar-refractivity contribution is 8.00. The molecule has 2 amide bonds. The molecule has 1 aliphatic heterocycles. The van der Waals surface area contributed by atoms with Gasteiger partial charge >= 0.3 is 0 Å². The number of hydrogen-bond acceptors (Lipinski definition) is 4. The molecule has 0 spiro atoms. The first-order valence-electron chi connectivity index (χ1n) is 7.92. The van der Waals surface area contributed by atoms with E-state index < -0.39 is 6.04 Å². The van der Waals surface area contributed by atoms with Gasteiger partial charge in [-0.15, -0.1) is 11.8 Å². The van der Waals surface area contributed by atoms with Crippen molar-refractivity contribution < 1.29 is 9.59 Å². The fourth-order valence-electron chi connectivity index (χ4n) is 2.69. The molecule has 1 fully saturated rings. The molecule has 7 heteroatoms. The second kappa shape index (κ2) is 7.53. The van der Waals surface area contributed by atoms with E-state index in [9.17, 15) is 9.59 Å². The summed E-state index contributed by atoms with van der Waals surface area (Å²) in [5.41, 5.74) is 0. The Balaban J connectivity index is 1.56. The SMILES string of the molecule is Cn1ccc(N2CCCC(NC(=O)CSc3ccccc3)C2=O)n1. The van der Waals surface area contributed by atoms with Crippen LogP contribution in [0.2, 0.25) is 0 Å². The first kappa shape index (κ1) is 16.6. The fraction of sp³-hybridized carbons (Fsp3) is 0.353. The van der Waals surface area contributed by atoms with Crippen molar-refractivity contribution in [3.05, 3.63) is 42.6 Å². The van der Waals surface area contributed by atoms with Crippen LogP contribution in [-0.2, 0) is 16.6 Å². The number of hydrogen-bond donors (Lipinski definition) is 1. The number of aryl methyl sites for hydroxylation is 1. The Morgan fingerprint density at radius 1 is 1.33 bits per heavy atom. The first-order chi connectivity index (χ1) is 11.6. The zero-order valence-electron chi connectivity index (χ0n) is 13.5. The zero-order chi connectivity index (χ0) is 16.9. The number of nitrogens with zero attached hydrogens (tertiary/aromatic N) is 3. The Kier molecular flexibility index (Phi) is 5.20. The number of rotatable bonds is 5. The van der Waals surface area contributed by atoms with Gasteiger partial charge in [0.15, 0.2) is 5.82 Å². The second-order valence-corrected chi connectivity index (χ2v) is 6.75. The molecule has 24 heavy (non-hydrogen) atoms. The van der Waals surface area contributed by atoms with Gasteiger partial charge in [0.2, 0.25) is 5.91 Å². The molecule has 1 atom stereocenters. The summed E-state index contributed by atoms with van der Waals surface area (Å²) in [6, 6.07) is 11.1. The van der Waals surface area contributed by atoms with Crippen molar-refractivity contribution in [1.82, 2.24) is 15.1 Å². The number of anilines is 1. The molecule has 0 bridgehead atoms. The molecular formula is C17H20N4O2S. The summed E-state index contributed by atoms with van der Waals surface area (Å²) in [7, 11) is 1.82. The highest BCUT2D eigenvalue weighted by Crippen LogP contribution is 2.20. The lowest BCUT2D eigenvalue weighted by Gasteiger charge is -2.31. The summed E-state index contributed by atoms with van der Waals surface area (Å²) in [6.45, 7) is 0.640. The predicted molar refractivity (Wildman–Crippen MR) is 93.9 cm³/mol. The van der Waals surface area contributed by atoms with E-state index >= 15 is 0 Å². The van der Waals surface area contributed by atoms with Gasteiger partial charge in [0.1, 0.15) is 6.04 Å². The minimum atomic E-state index is -0.468. The van der Waals surface area contributed by atoms with Crippen LogP contribution in [0.3, 0.4) is 0 Å². The molecule has 1 saturated heterocycles. The minimum Gasteiger partial charge on any atom is -0.344 e. The average Bonchev–Trinajstić information content (AvgIpc) is 3.02. The van der Waals surface area contributed by atoms with Gasteiger partial charge in [-0.25, -0.2) is 0 Å². The molecule has 126 valence electrons. The number of piperidine rings is 1. The number of nitrogens with one attached hydrogen (secondary N) is 1. The molecule has 1 unspecified atom stereocenters. The third-order valence-corrected chi connectivity index (χ3v) is 4.88. The maximum atomic E-state index is 12.6. The van der Waals surface area contributed by atoms with Crippen molar-refractivity contribution in [1.29, 1.82) is 0 Å². The van der Waals surface area contributed by atoms with Crippen LogP contribution in [0.1, 0.15) is 12.8 Å². The molecule has 1 N–H and O–H groups in total. The number of carbonyl (C=O) groups is 2. The van der Waals surface area contributed by atoms with E-state index in [1.165, 1.54) is 11.8 Å². The van der Waals surface area contributed by atoms with Gasteiger partial charge in [-0.3, -0.25) is 19.2 Å². The molecular weight excluding hydrogens is 324 g/mol. The molecule has 1 aromatic heterocycles. The van der Waals surface area contributed by atoms with E-state index in [0.29, 0.717) is 24.5 Å². The van der Waals surface area contributed by atoms with Gasteiger partial charge < -0.3 is 5.32 Å². The van der Waals surface area contributed by atoms with Crippen LogP contribution in [0.4, 0.5) is 5.82 Å². The van der Waals surface area contributed by atoms with Crippen LogP contribution < -0.4 is 10.2 Å². The Bertz CT molecular complexity index is 716. The normalized spacial score (nSPS) is 17.8. The number of amides is 2. The van der Waals surface area contributed by atoms with E-state index in [4.69, 9.17) is 0 Å². The van der Waals surface area contributed by atoms with E-state index in [0.717, 1.165) is 11.3 Å². The van der Waals surface area contributed by atoms with Gasteiger partial charge in [-0.05, 0) is 25.0 Å². The summed E-state index contributed by atoms with van der Waals surface area (Å²) in [5.74, 6) is 0.736. The summed E-state index contributed by atoms with van der Waals surface area (Å²) in [4.78, 5) is 27.4. The van der Waals surface area contributed by atoms with Crippen molar-refractivity contribution in [2.75, 3.05) is 17.2 Å². The van der Waals surface area contributed by atoms with Crippen LogP contribution in [0.5, 0.6) is 0 Å². The number of carbonyl (C=O) groups excluding carboxylic acids is 2. The highest BCUT2D eigenvalue weighted by Gasteiger charge is 2.31.